The van der Waals surface area contributed by atoms with Gasteiger partial charge in [-0.2, -0.15) is 0 Å². The van der Waals surface area contributed by atoms with Crippen LogP contribution in [0.1, 0.15) is 12.0 Å². The fourth-order valence-electron chi connectivity index (χ4n) is 1.79. The van der Waals surface area contributed by atoms with Gasteiger partial charge < -0.3 is 14.6 Å². The number of halogens is 2. The van der Waals surface area contributed by atoms with E-state index in [1.54, 1.807) is 12.1 Å². The highest BCUT2D eigenvalue weighted by Crippen LogP contribution is 2.23. The molecule has 5 heteroatoms. The first kappa shape index (κ1) is 13.1. The van der Waals surface area contributed by atoms with Gasteiger partial charge in [0.1, 0.15) is 0 Å². The summed E-state index contributed by atoms with van der Waals surface area (Å²) in [6.07, 6.45) is 0.103. The van der Waals surface area contributed by atoms with Crippen LogP contribution < -0.4 is 0 Å². The van der Waals surface area contributed by atoms with Crippen molar-refractivity contribution < 1.29 is 14.6 Å². The van der Waals surface area contributed by atoms with Crippen molar-refractivity contribution >= 4 is 23.2 Å². The zero-order chi connectivity index (χ0) is 12.3. The smallest absolute Gasteiger partial charge is 0.160 e. The first-order valence-electron chi connectivity index (χ1n) is 5.50. The van der Waals surface area contributed by atoms with Crippen LogP contribution in [0.25, 0.3) is 0 Å². The molecule has 17 heavy (non-hydrogen) atoms. The molecule has 1 heterocycles. The molecule has 1 aliphatic heterocycles. The molecule has 0 amide bonds. The Hall–Kier alpha value is -0.320. The molecule has 94 valence electrons. The van der Waals surface area contributed by atoms with Crippen LogP contribution in [0.15, 0.2) is 18.2 Å². The van der Waals surface area contributed by atoms with E-state index in [0.717, 1.165) is 5.56 Å². The van der Waals surface area contributed by atoms with Crippen molar-refractivity contribution in [1.82, 2.24) is 0 Å². The van der Waals surface area contributed by atoms with Gasteiger partial charge in [-0.3, -0.25) is 0 Å². The summed E-state index contributed by atoms with van der Waals surface area (Å²) < 4.78 is 10.5. The van der Waals surface area contributed by atoms with E-state index >= 15 is 0 Å². The fourth-order valence-corrected chi connectivity index (χ4v) is 2.28. The molecule has 1 N–H and O–H groups in total. The maximum atomic E-state index is 9.91. The SMILES string of the molecule is OC(Cc1ccc(Cl)cc1Cl)CC1OCCO1. The summed E-state index contributed by atoms with van der Waals surface area (Å²) in [6.45, 7) is 1.19. The minimum absolute atomic E-state index is 0.295. The molecule has 0 radical (unpaired) electrons. The maximum Gasteiger partial charge on any atom is 0.160 e. The van der Waals surface area contributed by atoms with Gasteiger partial charge >= 0.3 is 0 Å². The predicted molar refractivity (Wildman–Crippen MR) is 66.5 cm³/mol. The lowest BCUT2D eigenvalue weighted by atomic mass is 10.1. The third kappa shape index (κ3) is 3.83. The second kappa shape index (κ2) is 6.03. The average Bonchev–Trinajstić information content (AvgIpc) is 2.75. The molecule has 1 fully saturated rings. The minimum atomic E-state index is -0.531. The average molecular weight is 277 g/mol. The molecule has 3 nitrogen and oxygen atoms in total. The Bertz CT molecular complexity index is 378. The van der Waals surface area contributed by atoms with Crippen molar-refractivity contribution in [3.8, 4) is 0 Å². The summed E-state index contributed by atoms with van der Waals surface area (Å²) in [4.78, 5) is 0. The van der Waals surface area contributed by atoms with Crippen molar-refractivity contribution in [2.24, 2.45) is 0 Å². The monoisotopic (exact) mass is 276 g/mol. The van der Waals surface area contributed by atoms with Gasteiger partial charge in [0.2, 0.25) is 0 Å². The number of benzene rings is 1. The zero-order valence-electron chi connectivity index (χ0n) is 9.23. The van der Waals surface area contributed by atoms with Crippen molar-refractivity contribution in [1.29, 1.82) is 0 Å². The predicted octanol–water partition coefficient (Wildman–Crippen LogP) is 2.66. The van der Waals surface area contributed by atoms with Gasteiger partial charge in [-0.15, -0.1) is 0 Å². The molecule has 1 unspecified atom stereocenters. The number of aliphatic hydroxyl groups is 1. The highest BCUT2D eigenvalue weighted by Gasteiger charge is 2.20. The van der Waals surface area contributed by atoms with E-state index < -0.39 is 6.10 Å². The van der Waals surface area contributed by atoms with Crippen LogP contribution in [0.4, 0.5) is 0 Å². The van der Waals surface area contributed by atoms with Crippen molar-refractivity contribution in [3.05, 3.63) is 33.8 Å². The summed E-state index contributed by atoms with van der Waals surface area (Å²) in [5.41, 5.74) is 0.876. The maximum absolute atomic E-state index is 9.91. The van der Waals surface area contributed by atoms with Crippen molar-refractivity contribution in [2.75, 3.05) is 13.2 Å². The lowest BCUT2D eigenvalue weighted by Gasteiger charge is -2.15. The van der Waals surface area contributed by atoms with E-state index in [9.17, 15) is 5.11 Å². The molecule has 1 aromatic rings. The Morgan fingerprint density at radius 3 is 2.65 bits per heavy atom. The Balaban J connectivity index is 1.90. The normalized spacial score (nSPS) is 18.5. The molecule has 0 aliphatic carbocycles. The number of aliphatic hydroxyl groups excluding tert-OH is 1. The molecular weight excluding hydrogens is 263 g/mol. The van der Waals surface area contributed by atoms with Gasteiger partial charge in [-0.25, -0.2) is 0 Å². The van der Waals surface area contributed by atoms with Gasteiger partial charge in [0, 0.05) is 22.9 Å². The largest absolute Gasteiger partial charge is 0.393 e. The fraction of sp³-hybridized carbons (Fsp3) is 0.500. The molecule has 0 bridgehead atoms. The van der Waals surface area contributed by atoms with Crippen molar-refractivity contribution in [3.63, 3.8) is 0 Å². The molecule has 1 saturated heterocycles. The number of hydrogen-bond donors (Lipinski definition) is 1. The lowest BCUT2D eigenvalue weighted by molar-refractivity contribution is -0.0698. The van der Waals surface area contributed by atoms with Crippen LogP contribution in [-0.2, 0) is 15.9 Å². The Morgan fingerprint density at radius 2 is 2.00 bits per heavy atom. The van der Waals surface area contributed by atoms with E-state index in [1.807, 2.05) is 6.07 Å². The highest BCUT2D eigenvalue weighted by atomic mass is 35.5. The Morgan fingerprint density at radius 1 is 1.29 bits per heavy atom. The van der Waals surface area contributed by atoms with Crippen LogP contribution in [0.2, 0.25) is 10.0 Å². The van der Waals surface area contributed by atoms with Gasteiger partial charge in [0.15, 0.2) is 6.29 Å². The quantitative estimate of drug-likeness (QED) is 0.919. The molecule has 0 spiro atoms. The van der Waals surface area contributed by atoms with Gasteiger partial charge in [-0.05, 0) is 17.7 Å². The summed E-state index contributed by atoms with van der Waals surface area (Å²) in [5.74, 6) is 0. The van der Waals surface area contributed by atoms with Crippen molar-refractivity contribution in [2.45, 2.75) is 25.2 Å². The molecule has 1 atom stereocenters. The number of hydrogen-bond acceptors (Lipinski definition) is 3. The molecule has 1 aromatic carbocycles. The van der Waals surface area contributed by atoms with E-state index in [1.165, 1.54) is 0 Å². The van der Waals surface area contributed by atoms with Gasteiger partial charge in [-0.1, -0.05) is 29.3 Å². The molecule has 1 aliphatic rings. The first-order valence-corrected chi connectivity index (χ1v) is 6.26. The van der Waals surface area contributed by atoms with E-state index in [0.29, 0.717) is 36.1 Å². The molecule has 2 rings (SSSR count). The summed E-state index contributed by atoms with van der Waals surface area (Å²) in [7, 11) is 0. The first-order chi connectivity index (χ1) is 8.15. The summed E-state index contributed by atoms with van der Waals surface area (Å²) in [6, 6.07) is 5.26. The second-order valence-corrected chi connectivity index (χ2v) is 4.84. The van der Waals surface area contributed by atoms with Gasteiger partial charge in [0.05, 0.1) is 19.3 Å². The topological polar surface area (TPSA) is 38.7 Å². The highest BCUT2D eigenvalue weighted by molar-refractivity contribution is 6.35. The van der Waals surface area contributed by atoms with E-state index in [4.69, 9.17) is 32.7 Å². The van der Waals surface area contributed by atoms with E-state index in [2.05, 4.69) is 0 Å². The Labute approximate surface area is 110 Å². The molecular formula is C12H14Cl2O3. The summed E-state index contributed by atoms with van der Waals surface area (Å²) in [5, 5.41) is 11.1. The summed E-state index contributed by atoms with van der Waals surface area (Å²) >= 11 is 11.8. The standard InChI is InChI=1S/C12H14Cl2O3/c13-9-2-1-8(11(14)6-9)5-10(15)7-12-16-3-4-17-12/h1-2,6,10,12,15H,3-5,7H2. The number of ether oxygens (including phenoxy) is 2. The molecule has 0 saturated carbocycles. The lowest BCUT2D eigenvalue weighted by Crippen LogP contribution is -2.20. The third-order valence-corrected chi connectivity index (χ3v) is 3.21. The van der Waals surface area contributed by atoms with Crippen LogP contribution in [0.3, 0.4) is 0 Å². The van der Waals surface area contributed by atoms with Crippen LogP contribution in [0.5, 0.6) is 0 Å². The minimum Gasteiger partial charge on any atom is -0.393 e. The van der Waals surface area contributed by atoms with Crippen LogP contribution >= 0.6 is 23.2 Å². The van der Waals surface area contributed by atoms with E-state index in [-0.39, 0.29) is 6.29 Å². The molecule has 0 aromatic heterocycles. The van der Waals surface area contributed by atoms with Crippen LogP contribution in [-0.4, -0.2) is 30.7 Å². The number of rotatable bonds is 4. The zero-order valence-corrected chi connectivity index (χ0v) is 10.7. The van der Waals surface area contributed by atoms with Crippen LogP contribution in [0, 0.1) is 0 Å². The van der Waals surface area contributed by atoms with Gasteiger partial charge in [0.25, 0.3) is 0 Å². The second-order valence-electron chi connectivity index (χ2n) is 4.00. The Kier molecular flexibility index (Phi) is 4.65. The third-order valence-electron chi connectivity index (χ3n) is 2.63.